The summed E-state index contributed by atoms with van der Waals surface area (Å²) in [6.07, 6.45) is 8.41. The number of hydrogen-bond acceptors (Lipinski definition) is 2. The standard InChI is InChI=1S/C8H14N2/c1-9(2)8-10-6-4-3-5-7-10/h3-6H,7-8H2,1-2H3. The van der Waals surface area contributed by atoms with Gasteiger partial charge in [-0.15, -0.1) is 0 Å². The summed E-state index contributed by atoms with van der Waals surface area (Å²) in [5.74, 6) is 0. The lowest BCUT2D eigenvalue weighted by Crippen LogP contribution is -2.30. The summed E-state index contributed by atoms with van der Waals surface area (Å²) in [5, 5.41) is 0. The third-order valence-electron chi connectivity index (χ3n) is 1.35. The summed E-state index contributed by atoms with van der Waals surface area (Å²) in [6.45, 7) is 2.04. The molecule has 1 aliphatic rings. The van der Waals surface area contributed by atoms with Crippen molar-refractivity contribution in [1.29, 1.82) is 0 Å². The Morgan fingerprint density at radius 1 is 1.40 bits per heavy atom. The van der Waals surface area contributed by atoms with Gasteiger partial charge in [-0.25, -0.2) is 0 Å². The van der Waals surface area contributed by atoms with Gasteiger partial charge in [-0.3, -0.25) is 4.90 Å². The zero-order valence-electron chi connectivity index (χ0n) is 6.62. The van der Waals surface area contributed by atoms with Gasteiger partial charge in [0, 0.05) is 12.7 Å². The zero-order chi connectivity index (χ0) is 7.40. The van der Waals surface area contributed by atoms with E-state index in [1.807, 2.05) is 0 Å². The van der Waals surface area contributed by atoms with Gasteiger partial charge < -0.3 is 4.90 Å². The van der Waals surface area contributed by atoms with E-state index in [1.165, 1.54) is 0 Å². The number of allylic oxidation sites excluding steroid dienone is 2. The van der Waals surface area contributed by atoms with Crippen LogP contribution in [0.3, 0.4) is 0 Å². The van der Waals surface area contributed by atoms with Crippen LogP contribution in [-0.4, -0.2) is 37.1 Å². The molecule has 1 aliphatic heterocycles. The van der Waals surface area contributed by atoms with E-state index in [2.05, 4.69) is 48.3 Å². The molecule has 0 N–H and O–H groups in total. The molecule has 0 saturated carbocycles. The minimum Gasteiger partial charge on any atom is -0.361 e. The van der Waals surface area contributed by atoms with Gasteiger partial charge in [-0.05, 0) is 20.2 Å². The van der Waals surface area contributed by atoms with Gasteiger partial charge in [0.05, 0.1) is 6.67 Å². The molecule has 0 unspecified atom stereocenters. The molecule has 10 heavy (non-hydrogen) atoms. The van der Waals surface area contributed by atoms with Crippen LogP contribution in [0.5, 0.6) is 0 Å². The van der Waals surface area contributed by atoms with Crippen LogP contribution in [0.1, 0.15) is 0 Å². The highest BCUT2D eigenvalue weighted by Gasteiger charge is 1.98. The topological polar surface area (TPSA) is 6.48 Å². The smallest absolute Gasteiger partial charge is 0.0700 e. The quantitative estimate of drug-likeness (QED) is 0.559. The number of hydrogen-bond donors (Lipinski definition) is 0. The maximum Gasteiger partial charge on any atom is 0.0700 e. The number of rotatable bonds is 2. The molecule has 56 valence electrons. The maximum absolute atomic E-state index is 2.25. The first-order chi connectivity index (χ1) is 4.79. The molecule has 0 radical (unpaired) electrons. The summed E-state index contributed by atoms with van der Waals surface area (Å²) in [5.41, 5.74) is 0. The number of nitrogens with zero attached hydrogens (tertiary/aromatic N) is 2. The van der Waals surface area contributed by atoms with Gasteiger partial charge >= 0.3 is 0 Å². The SMILES string of the molecule is CN(C)CN1C=CC=CC1. The average molecular weight is 138 g/mol. The summed E-state index contributed by atoms with van der Waals surface area (Å²) in [4.78, 5) is 4.41. The van der Waals surface area contributed by atoms with Crippen molar-refractivity contribution in [3.05, 3.63) is 24.4 Å². The van der Waals surface area contributed by atoms with Crippen LogP contribution >= 0.6 is 0 Å². The molecule has 0 fully saturated rings. The molecule has 0 aromatic heterocycles. The average Bonchev–Trinajstić information content (AvgIpc) is 1.88. The molecular weight excluding hydrogens is 124 g/mol. The van der Waals surface area contributed by atoms with E-state index in [-0.39, 0.29) is 0 Å². The predicted octanol–water partition coefficient (Wildman–Crippen LogP) is 0.891. The van der Waals surface area contributed by atoms with E-state index >= 15 is 0 Å². The first-order valence-electron chi connectivity index (χ1n) is 3.51. The Balaban J connectivity index is 2.30. The lowest BCUT2D eigenvalue weighted by atomic mass is 10.4. The highest BCUT2D eigenvalue weighted by Crippen LogP contribution is 1.97. The predicted molar refractivity (Wildman–Crippen MR) is 43.5 cm³/mol. The van der Waals surface area contributed by atoms with Crippen molar-refractivity contribution < 1.29 is 0 Å². The molecule has 1 rings (SSSR count). The molecule has 0 bridgehead atoms. The molecule has 0 amide bonds. The highest BCUT2D eigenvalue weighted by atomic mass is 15.3. The van der Waals surface area contributed by atoms with Crippen molar-refractivity contribution in [1.82, 2.24) is 9.80 Å². The molecule has 0 aromatic carbocycles. The molecule has 0 atom stereocenters. The van der Waals surface area contributed by atoms with Gasteiger partial charge in [-0.2, -0.15) is 0 Å². The van der Waals surface area contributed by atoms with Gasteiger partial charge in [0.25, 0.3) is 0 Å². The van der Waals surface area contributed by atoms with E-state index in [0.717, 1.165) is 13.2 Å². The fourth-order valence-corrected chi connectivity index (χ4v) is 0.975. The Bertz CT molecular complexity index is 147. The summed E-state index contributed by atoms with van der Waals surface area (Å²) in [7, 11) is 4.15. The van der Waals surface area contributed by atoms with Crippen LogP contribution in [0.15, 0.2) is 24.4 Å². The lowest BCUT2D eigenvalue weighted by molar-refractivity contribution is 0.249. The summed E-state index contributed by atoms with van der Waals surface area (Å²) in [6, 6.07) is 0. The fraction of sp³-hybridized carbons (Fsp3) is 0.500. The van der Waals surface area contributed by atoms with Crippen molar-refractivity contribution in [3.8, 4) is 0 Å². The third-order valence-corrected chi connectivity index (χ3v) is 1.35. The Morgan fingerprint density at radius 2 is 2.20 bits per heavy atom. The van der Waals surface area contributed by atoms with E-state index in [9.17, 15) is 0 Å². The van der Waals surface area contributed by atoms with Crippen LogP contribution < -0.4 is 0 Å². The van der Waals surface area contributed by atoms with Crippen LogP contribution in [0.4, 0.5) is 0 Å². The third kappa shape index (κ3) is 2.23. The van der Waals surface area contributed by atoms with Crippen LogP contribution in [0.2, 0.25) is 0 Å². The summed E-state index contributed by atoms with van der Waals surface area (Å²) < 4.78 is 0. The molecule has 0 saturated heterocycles. The molecule has 2 nitrogen and oxygen atoms in total. The van der Waals surface area contributed by atoms with Gasteiger partial charge in [-0.1, -0.05) is 12.2 Å². The molecule has 2 heteroatoms. The Morgan fingerprint density at radius 3 is 2.70 bits per heavy atom. The van der Waals surface area contributed by atoms with E-state index in [1.54, 1.807) is 0 Å². The van der Waals surface area contributed by atoms with Crippen LogP contribution in [0.25, 0.3) is 0 Å². The van der Waals surface area contributed by atoms with Crippen molar-refractivity contribution in [3.63, 3.8) is 0 Å². The molecule has 0 spiro atoms. The van der Waals surface area contributed by atoms with Gasteiger partial charge in [0.15, 0.2) is 0 Å². The monoisotopic (exact) mass is 138 g/mol. The van der Waals surface area contributed by atoms with Crippen LogP contribution in [-0.2, 0) is 0 Å². The molecule has 1 heterocycles. The second kappa shape index (κ2) is 3.42. The summed E-state index contributed by atoms with van der Waals surface area (Å²) >= 11 is 0. The Labute approximate surface area is 62.4 Å². The minimum atomic E-state index is 1.00. The van der Waals surface area contributed by atoms with E-state index in [0.29, 0.717) is 0 Å². The van der Waals surface area contributed by atoms with Gasteiger partial charge in [0.2, 0.25) is 0 Å². The van der Waals surface area contributed by atoms with Crippen molar-refractivity contribution >= 4 is 0 Å². The largest absolute Gasteiger partial charge is 0.361 e. The molecule has 0 aliphatic carbocycles. The van der Waals surface area contributed by atoms with E-state index in [4.69, 9.17) is 0 Å². The van der Waals surface area contributed by atoms with Crippen molar-refractivity contribution in [2.24, 2.45) is 0 Å². The van der Waals surface area contributed by atoms with Gasteiger partial charge in [0.1, 0.15) is 0 Å². The highest BCUT2D eigenvalue weighted by molar-refractivity contribution is 5.08. The van der Waals surface area contributed by atoms with Crippen molar-refractivity contribution in [2.75, 3.05) is 27.3 Å². The van der Waals surface area contributed by atoms with Crippen LogP contribution in [0, 0.1) is 0 Å². The Hall–Kier alpha value is -0.760. The molecular formula is C8H14N2. The second-order valence-corrected chi connectivity index (χ2v) is 2.76. The van der Waals surface area contributed by atoms with Crippen molar-refractivity contribution in [2.45, 2.75) is 0 Å². The fourth-order valence-electron chi connectivity index (χ4n) is 0.975. The minimum absolute atomic E-state index is 1.00. The first kappa shape index (κ1) is 7.35. The Kier molecular flexibility index (Phi) is 2.51. The van der Waals surface area contributed by atoms with E-state index < -0.39 is 0 Å². The lowest BCUT2D eigenvalue weighted by Gasteiger charge is -2.23. The normalized spacial score (nSPS) is 16.9. The molecule has 0 aromatic rings. The second-order valence-electron chi connectivity index (χ2n) is 2.76. The maximum atomic E-state index is 2.25. The first-order valence-corrected chi connectivity index (χ1v) is 3.51. The zero-order valence-corrected chi connectivity index (χ0v) is 6.62.